The van der Waals surface area contributed by atoms with Crippen LogP contribution in [-0.4, -0.2) is 38.6 Å². The van der Waals surface area contributed by atoms with Crippen LogP contribution in [0.5, 0.6) is 0 Å². The summed E-state index contributed by atoms with van der Waals surface area (Å²) in [6.45, 7) is 3.57. The second kappa shape index (κ2) is 7.29. The van der Waals surface area contributed by atoms with Crippen LogP contribution in [-0.2, 0) is 0 Å². The summed E-state index contributed by atoms with van der Waals surface area (Å²) in [6.07, 6.45) is 8.47. The SMILES string of the molecule is CCC1CCCCC1C(CCN(C)C)NC. The fraction of sp³-hybridized carbons (Fsp3) is 1.00. The van der Waals surface area contributed by atoms with Crippen molar-refractivity contribution < 1.29 is 0 Å². The fourth-order valence-electron chi connectivity index (χ4n) is 3.24. The summed E-state index contributed by atoms with van der Waals surface area (Å²) < 4.78 is 0. The minimum absolute atomic E-state index is 0.729. The number of nitrogens with zero attached hydrogens (tertiary/aromatic N) is 1. The lowest BCUT2D eigenvalue weighted by Gasteiger charge is -2.37. The Bertz CT molecular complexity index is 180. The maximum Gasteiger partial charge on any atom is 0.0107 e. The van der Waals surface area contributed by atoms with Crippen LogP contribution >= 0.6 is 0 Å². The topological polar surface area (TPSA) is 15.3 Å². The molecule has 0 heterocycles. The Morgan fingerprint density at radius 2 is 1.94 bits per heavy atom. The molecule has 3 unspecified atom stereocenters. The molecule has 3 atom stereocenters. The van der Waals surface area contributed by atoms with Gasteiger partial charge in [-0.1, -0.05) is 32.6 Å². The molecule has 0 spiro atoms. The molecule has 0 bridgehead atoms. The first-order valence-corrected chi connectivity index (χ1v) is 7.01. The van der Waals surface area contributed by atoms with Gasteiger partial charge < -0.3 is 10.2 Å². The molecule has 0 amide bonds. The van der Waals surface area contributed by atoms with Crippen molar-refractivity contribution >= 4 is 0 Å². The van der Waals surface area contributed by atoms with E-state index in [9.17, 15) is 0 Å². The molecule has 0 radical (unpaired) electrons. The highest BCUT2D eigenvalue weighted by atomic mass is 15.1. The Balaban J connectivity index is 2.48. The van der Waals surface area contributed by atoms with Gasteiger partial charge in [0.2, 0.25) is 0 Å². The van der Waals surface area contributed by atoms with E-state index in [1.807, 2.05) is 0 Å². The quantitative estimate of drug-likeness (QED) is 0.749. The van der Waals surface area contributed by atoms with Crippen molar-refractivity contribution in [1.29, 1.82) is 0 Å². The second-order valence-corrected chi connectivity index (χ2v) is 5.60. The monoisotopic (exact) mass is 226 g/mol. The highest BCUT2D eigenvalue weighted by Gasteiger charge is 2.29. The molecule has 1 aliphatic carbocycles. The van der Waals surface area contributed by atoms with Gasteiger partial charge in [-0.05, 0) is 52.4 Å². The molecular formula is C14H30N2. The lowest BCUT2D eigenvalue weighted by Crippen LogP contribution is -2.41. The maximum absolute atomic E-state index is 3.56. The van der Waals surface area contributed by atoms with E-state index in [0.717, 1.165) is 17.9 Å². The fourth-order valence-corrected chi connectivity index (χ4v) is 3.24. The smallest absolute Gasteiger partial charge is 0.0107 e. The summed E-state index contributed by atoms with van der Waals surface area (Å²) in [5.74, 6) is 1.89. The second-order valence-electron chi connectivity index (χ2n) is 5.60. The summed E-state index contributed by atoms with van der Waals surface area (Å²) in [7, 11) is 6.48. The minimum atomic E-state index is 0.729. The van der Waals surface area contributed by atoms with E-state index >= 15 is 0 Å². The zero-order valence-corrected chi connectivity index (χ0v) is 11.6. The van der Waals surface area contributed by atoms with Gasteiger partial charge in [-0.15, -0.1) is 0 Å². The van der Waals surface area contributed by atoms with Crippen LogP contribution < -0.4 is 5.32 Å². The first-order valence-electron chi connectivity index (χ1n) is 7.01. The molecule has 1 saturated carbocycles. The van der Waals surface area contributed by atoms with E-state index < -0.39 is 0 Å². The summed E-state index contributed by atoms with van der Waals surface area (Å²) >= 11 is 0. The summed E-state index contributed by atoms with van der Waals surface area (Å²) in [5, 5.41) is 3.56. The Morgan fingerprint density at radius 3 is 2.50 bits per heavy atom. The van der Waals surface area contributed by atoms with Crippen molar-refractivity contribution in [3.63, 3.8) is 0 Å². The normalized spacial score (nSPS) is 28.3. The standard InChI is InChI=1S/C14H30N2/c1-5-12-8-6-7-9-13(12)14(15-2)10-11-16(3)4/h12-15H,5-11H2,1-4H3. The van der Waals surface area contributed by atoms with Crippen molar-refractivity contribution in [3.8, 4) is 0 Å². The maximum atomic E-state index is 3.56. The van der Waals surface area contributed by atoms with Gasteiger partial charge in [0.1, 0.15) is 0 Å². The molecule has 1 fully saturated rings. The Morgan fingerprint density at radius 1 is 1.25 bits per heavy atom. The van der Waals surface area contributed by atoms with Crippen molar-refractivity contribution in [3.05, 3.63) is 0 Å². The third-order valence-corrected chi connectivity index (χ3v) is 4.27. The lowest BCUT2D eigenvalue weighted by atomic mass is 9.73. The molecule has 96 valence electrons. The number of hydrogen-bond acceptors (Lipinski definition) is 2. The van der Waals surface area contributed by atoms with E-state index in [1.54, 1.807) is 0 Å². The molecule has 0 aromatic heterocycles. The Kier molecular flexibility index (Phi) is 6.37. The van der Waals surface area contributed by atoms with Crippen molar-refractivity contribution in [2.75, 3.05) is 27.7 Å². The van der Waals surface area contributed by atoms with Gasteiger partial charge in [0.05, 0.1) is 0 Å². The van der Waals surface area contributed by atoms with E-state index in [1.165, 1.54) is 45.1 Å². The third-order valence-electron chi connectivity index (χ3n) is 4.27. The molecule has 0 aliphatic heterocycles. The molecule has 16 heavy (non-hydrogen) atoms. The molecule has 1 aliphatic rings. The van der Waals surface area contributed by atoms with Crippen LogP contribution in [0.25, 0.3) is 0 Å². The van der Waals surface area contributed by atoms with Gasteiger partial charge in [-0.25, -0.2) is 0 Å². The molecule has 1 N–H and O–H groups in total. The minimum Gasteiger partial charge on any atom is -0.317 e. The third kappa shape index (κ3) is 4.06. The Labute approximate surface area is 102 Å². The predicted molar refractivity (Wildman–Crippen MR) is 71.8 cm³/mol. The highest BCUT2D eigenvalue weighted by molar-refractivity contribution is 4.84. The van der Waals surface area contributed by atoms with Gasteiger partial charge >= 0.3 is 0 Å². The van der Waals surface area contributed by atoms with E-state index in [-0.39, 0.29) is 0 Å². The van der Waals surface area contributed by atoms with Crippen LogP contribution in [0, 0.1) is 11.8 Å². The Hall–Kier alpha value is -0.0800. The van der Waals surface area contributed by atoms with Crippen LogP contribution in [0.3, 0.4) is 0 Å². The van der Waals surface area contributed by atoms with Crippen LogP contribution in [0.2, 0.25) is 0 Å². The van der Waals surface area contributed by atoms with Crippen LogP contribution in [0.1, 0.15) is 45.4 Å². The van der Waals surface area contributed by atoms with E-state index in [0.29, 0.717) is 0 Å². The van der Waals surface area contributed by atoms with Gasteiger partial charge in [0.15, 0.2) is 0 Å². The van der Waals surface area contributed by atoms with E-state index in [4.69, 9.17) is 0 Å². The molecule has 0 saturated heterocycles. The van der Waals surface area contributed by atoms with E-state index in [2.05, 4.69) is 38.3 Å². The van der Waals surface area contributed by atoms with Gasteiger partial charge in [-0.3, -0.25) is 0 Å². The lowest BCUT2D eigenvalue weighted by molar-refractivity contribution is 0.167. The van der Waals surface area contributed by atoms with Gasteiger partial charge in [0, 0.05) is 6.04 Å². The number of nitrogens with one attached hydrogen (secondary N) is 1. The highest BCUT2D eigenvalue weighted by Crippen LogP contribution is 2.35. The average molecular weight is 226 g/mol. The van der Waals surface area contributed by atoms with Crippen molar-refractivity contribution in [2.24, 2.45) is 11.8 Å². The zero-order chi connectivity index (χ0) is 12.0. The average Bonchev–Trinajstić information content (AvgIpc) is 2.30. The number of hydrogen-bond donors (Lipinski definition) is 1. The molecule has 0 aromatic rings. The molecule has 2 heteroatoms. The van der Waals surface area contributed by atoms with Gasteiger partial charge in [-0.2, -0.15) is 0 Å². The van der Waals surface area contributed by atoms with Gasteiger partial charge in [0.25, 0.3) is 0 Å². The van der Waals surface area contributed by atoms with Crippen LogP contribution in [0.15, 0.2) is 0 Å². The summed E-state index contributed by atoms with van der Waals surface area (Å²) in [4.78, 5) is 2.30. The largest absolute Gasteiger partial charge is 0.317 e. The first-order chi connectivity index (χ1) is 7.69. The molecular weight excluding hydrogens is 196 g/mol. The zero-order valence-electron chi connectivity index (χ0n) is 11.6. The number of rotatable bonds is 6. The summed E-state index contributed by atoms with van der Waals surface area (Å²) in [6, 6.07) is 0.729. The van der Waals surface area contributed by atoms with Crippen molar-refractivity contribution in [2.45, 2.75) is 51.5 Å². The molecule has 0 aromatic carbocycles. The molecule has 1 rings (SSSR count). The summed E-state index contributed by atoms with van der Waals surface area (Å²) in [5.41, 5.74) is 0. The predicted octanol–water partition coefficient (Wildman–Crippen LogP) is 2.74. The van der Waals surface area contributed by atoms with Crippen molar-refractivity contribution in [1.82, 2.24) is 10.2 Å². The molecule has 2 nitrogen and oxygen atoms in total. The first kappa shape index (κ1) is 14.0. The van der Waals surface area contributed by atoms with Crippen LogP contribution in [0.4, 0.5) is 0 Å².